The molecular weight excluding hydrogens is 554 g/mol. The van der Waals surface area contributed by atoms with Gasteiger partial charge in [-0.05, 0) is 42.9 Å². The number of rotatable bonds is 5. The highest BCUT2D eigenvalue weighted by Gasteiger charge is 2.41. The molecule has 1 atom stereocenters. The van der Waals surface area contributed by atoms with E-state index in [1.54, 1.807) is 17.6 Å². The van der Waals surface area contributed by atoms with Crippen LogP contribution in [0, 0.1) is 11.6 Å². The van der Waals surface area contributed by atoms with Gasteiger partial charge in [0.2, 0.25) is 11.8 Å². The van der Waals surface area contributed by atoms with Crippen LogP contribution in [0.25, 0.3) is 10.2 Å². The van der Waals surface area contributed by atoms with Gasteiger partial charge in [-0.3, -0.25) is 19.7 Å². The third-order valence-electron chi connectivity index (χ3n) is 7.40. The molecule has 0 spiro atoms. The Morgan fingerprint density at radius 1 is 1.18 bits per heavy atom. The quantitative estimate of drug-likeness (QED) is 0.445. The summed E-state index contributed by atoms with van der Waals surface area (Å²) in [5.74, 6) is -2.79. The summed E-state index contributed by atoms with van der Waals surface area (Å²) in [4.78, 5) is 54.4. The molecule has 1 saturated carbocycles. The van der Waals surface area contributed by atoms with Crippen LogP contribution < -0.4 is 10.6 Å². The van der Waals surface area contributed by atoms with Gasteiger partial charge < -0.3 is 15.0 Å². The number of benzene rings is 2. The first-order chi connectivity index (χ1) is 18.3. The molecule has 2 N–H and O–H groups in total. The first kappa shape index (κ1) is 26.9. The van der Waals surface area contributed by atoms with Gasteiger partial charge in [0.1, 0.15) is 23.8 Å². The number of hydrogen-bond donors (Lipinski definition) is 2. The van der Waals surface area contributed by atoms with Crippen LogP contribution in [-0.4, -0.2) is 45.8 Å². The van der Waals surface area contributed by atoms with Crippen LogP contribution in [0.5, 0.6) is 0 Å². The minimum absolute atomic E-state index is 0. The lowest BCUT2D eigenvalue weighted by molar-refractivity contribution is -0.136. The molecule has 1 saturated heterocycles. The summed E-state index contributed by atoms with van der Waals surface area (Å²) in [6.07, 6.45) is 0.0597. The fourth-order valence-corrected chi connectivity index (χ4v) is 6.06. The van der Waals surface area contributed by atoms with E-state index in [1.165, 1.54) is 28.4 Å². The van der Waals surface area contributed by atoms with Crippen LogP contribution in [0.3, 0.4) is 0 Å². The van der Waals surface area contributed by atoms with Crippen molar-refractivity contribution in [1.82, 2.24) is 20.5 Å². The topological polar surface area (TPSA) is 118 Å². The molecule has 1 aromatic heterocycles. The smallest absolute Gasteiger partial charge is 0.407 e. The van der Waals surface area contributed by atoms with E-state index in [2.05, 4.69) is 15.6 Å². The number of fused-ring (bicyclic) bond motifs is 2. The maximum Gasteiger partial charge on any atom is 0.407 e. The Labute approximate surface area is 231 Å². The van der Waals surface area contributed by atoms with Crippen molar-refractivity contribution in [3.8, 4) is 0 Å². The maximum atomic E-state index is 15.3. The predicted molar refractivity (Wildman–Crippen MR) is 138 cm³/mol. The van der Waals surface area contributed by atoms with Crippen LogP contribution >= 0.6 is 23.7 Å². The lowest BCUT2D eigenvalue weighted by Crippen LogP contribution is -2.52. The molecule has 0 radical (unpaired) electrons. The van der Waals surface area contributed by atoms with Gasteiger partial charge >= 0.3 is 6.09 Å². The molecule has 4 amide bonds. The monoisotopic (exact) mass is 576 g/mol. The molecule has 2 aliphatic heterocycles. The molecule has 39 heavy (non-hydrogen) atoms. The van der Waals surface area contributed by atoms with E-state index >= 15 is 4.39 Å². The zero-order valence-electron chi connectivity index (χ0n) is 20.4. The largest absolute Gasteiger partial charge is 0.446 e. The number of hydrogen-bond acceptors (Lipinski definition) is 7. The number of alkyl carbamates (subject to hydrolysis) is 1. The zero-order chi connectivity index (χ0) is 26.6. The van der Waals surface area contributed by atoms with Crippen molar-refractivity contribution < 1.29 is 32.7 Å². The normalized spacial score (nSPS) is 22.2. The van der Waals surface area contributed by atoms with E-state index < -0.39 is 41.8 Å². The summed E-state index contributed by atoms with van der Waals surface area (Å²) in [5, 5.41) is 4.72. The van der Waals surface area contributed by atoms with Crippen molar-refractivity contribution in [2.45, 2.75) is 56.8 Å². The van der Waals surface area contributed by atoms with Crippen LogP contribution in [0.2, 0.25) is 0 Å². The number of nitrogens with zero attached hydrogens (tertiary/aromatic N) is 2. The van der Waals surface area contributed by atoms with Gasteiger partial charge in [-0.15, -0.1) is 23.7 Å². The van der Waals surface area contributed by atoms with E-state index in [0.29, 0.717) is 29.5 Å². The van der Waals surface area contributed by atoms with Crippen molar-refractivity contribution in [1.29, 1.82) is 0 Å². The van der Waals surface area contributed by atoms with E-state index in [1.807, 2.05) is 0 Å². The van der Waals surface area contributed by atoms with Crippen molar-refractivity contribution in [3.05, 3.63) is 63.7 Å². The van der Waals surface area contributed by atoms with E-state index in [4.69, 9.17) is 4.74 Å². The second-order valence-electron chi connectivity index (χ2n) is 9.68. The molecule has 2 fully saturated rings. The Bertz CT molecular complexity index is 1510. The number of piperidine rings is 1. The SMILES string of the molecule is Cl.O=C1CC[C@H](N2Cc3ccc(CNC(=O)OC4CC(c5c(F)ccc6scnc56)C4)c(F)c3C2=O)C(=O)N1. The molecule has 6 rings (SSSR count). The Morgan fingerprint density at radius 2 is 1.97 bits per heavy atom. The molecule has 0 bridgehead atoms. The second-order valence-corrected chi connectivity index (χ2v) is 10.6. The van der Waals surface area contributed by atoms with Crippen molar-refractivity contribution in [2.75, 3.05) is 0 Å². The van der Waals surface area contributed by atoms with Gasteiger partial charge in [-0.2, -0.15) is 0 Å². The van der Waals surface area contributed by atoms with Gasteiger partial charge in [-0.25, -0.2) is 18.6 Å². The Morgan fingerprint density at radius 3 is 2.74 bits per heavy atom. The molecule has 1 aliphatic carbocycles. The molecule has 0 unspecified atom stereocenters. The van der Waals surface area contributed by atoms with Gasteiger partial charge in [-0.1, -0.05) is 12.1 Å². The summed E-state index contributed by atoms with van der Waals surface area (Å²) < 4.78 is 36.0. The average Bonchev–Trinajstić information content (AvgIpc) is 3.46. The summed E-state index contributed by atoms with van der Waals surface area (Å²) >= 11 is 1.44. The molecule has 204 valence electrons. The van der Waals surface area contributed by atoms with E-state index in [-0.39, 0.29) is 61.2 Å². The number of thiazole rings is 1. The number of amides is 4. The third kappa shape index (κ3) is 4.82. The van der Waals surface area contributed by atoms with Crippen molar-refractivity contribution in [2.24, 2.45) is 0 Å². The molecule has 2 aromatic carbocycles. The molecule has 3 heterocycles. The second kappa shape index (κ2) is 10.5. The number of halogens is 3. The summed E-state index contributed by atoms with van der Waals surface area (Å²) in [7, 11) is 0. The van der Waals surface area contributed by atoms with E-state index in [0.717, 1.165) is 4.70 Å². The molecule has 13 heteroatoms. The third-order valence-corrected chi connectivity index (χ3v) is 8.19. The number of carbonyl (C=O) groups is 4. The number of carbonyl (C=O) groups excluding carboxylic acids is 4. The van der Waals surface area contributed by atoms with Gasteiger partial charge in [0.15, 0.2) is 0 Å². The summed E-state index contributed by atoms with van der Waals surface area (Å²) in [6.45, 7) is -0.141. The Balaban J connectivity index is 0.00000308. The fourth-order valence-electron chi connectivity index (χ4n) is 5.36. The predicted octanol–water partition coefficient (Wildman–Crippen LogP) is 3.93. The Hall–Kier alpha value is -3.64. The van der Waals surface area contributed by atoms with Crippen molar-refractivity contribution in [3.63, 3.8) is 0 Å². The first-order valence-corrected chi connectivity index (χ1v) is 13.1. The molecule has 9 nitrogen and oxygen atoms in total. The minimum atomic E-state index is -0.842. The number of aromatic nitrogens is 1. The molecule has 3 aromatic rings. The highest BCUT2D eigenvalue weighted by molar-refractivity contribution is 7.16. The van der Waals surface area contributed by atoms with Gasteiger partial charge in [0.25, 0.3) is 5.91 Å². The highest BCUT2D eigenvalue weighted by Crippen LogP contribution is 2.43. The lowest BCUT2D eigenvalue weighted by atomic mass is 9.77. The number of nitrogens with one attached hydrogen (secondary N) is 2. The average molecular weight is 577 g/mol. The van der Waals surface area contributed by atoms with Gasteiger partial charge in [0, 0.05) is 30.6 Å². The molecule has 3 aliphatic rings. The van der Waals surface area contributed by atoms with Crippen LogP contribution in [0.1, 0.15) is 58.6 Å². The van der Waals surface area contributed by atoms with Crippen LogP contribution in [0.15, 0.2) is 29.8 Å². The van der Waals surface area contributed by atoms with E-state index in [9.17, 15) is 23.6 Å². The summed E-state index contributed by atoms with van der Waals surface area (Å²) in [6, 6.07) is 5.35. The highest BCUT2D eigenvalue weighted by atomic mass is 35.5. The number of ether oxygens (including phenoxy) is 1. The Kier molecular flexibility index (Phi) is 7.25. The fraction of sp³-hybridized carbons (Fsp3) is 0.346. The van der Waals surface area contributed by atoms with Crippen LogP contribution in [0.4, 0.5) is 13.6 Å². The summed E-state index contributed by atoms with van der Waals surface area (Å²) in [5.41, 5.74) is 3.25. The lowest BCUT2D eigenvalue weighted by Gasteiger charge is -2.35. The minimum Gasteiger partial charge on any atom is -0.446 e. The van der Waals surface area contributed by atoms with Crippen molar-refractivity contribution >= 4 is 57.8 Å². The first-order valence-electron chi connectivity index (χ1n) is 12.2. The van der Waals surface area contributed by atoms with Crippen LogP contribution in [-0.2, 0) is 27.4 Å². The standard InChI is InChI=1S/C26H22F2N4O5S.ClH/c27-16-3-5-18-23(30-11-38-18)20(16)14-7-15(8-14)37-26(36)29-9-12-1-2-13-10-32(25(35)21(13)22(12)28)17-4-6-19(33)31-24(17)34;/h1-3,5,11,14-15,17H,4,6-10H2,(H,29,36)(H,31,33,34);1H/t14?,15?,17-;/m0./s1. The number of imide groups is 1. The molecular formula is C26H23ClF2N4O5S. The maximum absolute atomic E-state index is 15.3. The zero-order valence-corrected chi connectivity index (χ0v) is 22.0. The van der Waals surface area contributed by atoms with Gasteiger partial charge in [0.05, 0.1) is 21.3 Å².